The van der Waals surface area contributed by atoms with E-state index in [2.05, 4.69) is 5.32 Å². The Kier molecular flexibility index (Phi) is 3.32. The summed E-state index contributed by atoms with van der Waals surface area (Å²) in [6, 6.07) is 2.66. The van der Waals surface area contributed by atoms with Gasteiger partial charge in [-0.25, -0.2) is 9.59 Å². The molecule has 1 aromatic heterocycles. The van der Waals surface area contributed by atoms with Gasteiger partial charge in [0.1, 0.15) is 10.4 Å². The van der Waals surface area contributed by atoms with Crippen molar-refractivity contribution in [3.8, 4) is 0 Å². The van der Waals surface area contributed by atoms with Crippen molar-refractivity contribution >= 4 is 29.2 Å². The molecular formula is C12H14N2O4S. The molecule has 1 atom stereocenters. The van der Waals surface area contributed by atoms with Crippen LogP contribution in [0.4, 0.5) is 4.79 Å². The largest absolute Gasteiger partial charge is 0.477 e. The highest BCUT2D eigenvalue weighted by atomic mass is 32.1. The maximum absolute atomic E-state index is 12.1. The third-order valence-corrected chi connectivity index (χ3v) is 4.30. The van der Waals surface area contributed by atoms with Crippen LogP contribution in [0, 0.1) is 0 Å². The Labute approximate surface area is 114 Å². The lowest BCUT2D eigenvalue weighted by Gasteiger charge is -2.18. The predicted octanol–water partition coefficient (Wildman–Crippen LogP) is 1.67. The zero-order valence-electron chi connectivity index (χ0n) is 10.6. The van der Waals surface area contributed by atoms with E-state index in [1.807, 2.05) is 6.92 Å². The fraction of sp³-hybridized carbons (Fsp3) is 0.417. The van der Waals surface area contributed by atoms with Crippen molar-refractivity contribution in [2.75, 3.05) is 0 Å². The van der Waals surface area contributed by atoms with E-state index in [1.165, 1.54) is 6.07 Å². The number of hydrogen-bond acceptors (Lipinski definition) is 4. The van der Waals surface area contributed by atoms with Gasteiger partial charge in [0, 0.05) is 4.88 Å². The molecule has 1 unspecified atom stereocenters. The number of amides is 3. The fourth-order valence-electron chi connectivity index (χ4n) is 1.86. The van der Waals surface area contributed by atoms with Crippen molar-refractivity contribution in [1.29, 1.82) is 0 Å². The number of thiophene rings is 1. The first-order valence-corrected chi connectivity index (χ1v) is 6.65. The molecule has 0 saturated carbocycles. The topological polar surface area (TPSA) is 86.7 Å². The molecule has 19 heavy (non-hydrogen) atoms. The Morgan fingerprint density at radius 2 is 2.16 bits per heavy atom. The predicted molar refractivity (Wildman–Crippen MR) is 69.1 cm³/mol. The summed E-state index contributed by atoms with van der Waals surface area (Å²) in [5.41, 5.74) is -0.857. The highest BCUT2D eigenvalue weighted by Crippen LogP contribution is 2.25. The van der Waals surface area contributed by atoms with Gasteiger partial charge < -0.3 is 10.4 Å². The van der Waals surface area contributed by atoms with Crippen molar-refractivity contribution in [2.24, 2.45) is 0 Å². The van der Waals surface area contributed by atoms with Crippen LogP contribution in [0.3, 0.4) is 0 Å². The molecule has 0 aromatic carbocycles. The molecule has 1 aliphatic heterocycles. The van der Waals surface area contributed by atoms with E-state index in [4.69, 9.17) is 5.11 Å². The SMILES string of the molecule is CCC1(C)NC(=O)N(Cc2ccc(C(=O)O)s2)C1=O. The van der Waals surface area contributed by atoms with Crippen LogP contribution in [0.25, 0.3) is 0 Å². The van der Waals surface area contributed by atoms with Crippen LogP contribution in [0.5, 0.6) is 0 Å². The van der Waals surface area contributed by atoms with E-state index in [9.17, 15) is 14.4 Å². The number of urea groups is 1. The van der Waals surface area contributed by atoms with Crippen molar-refractivity contribution < 1.29 is 19.5 Å². The average Bonchev–Trinajstić information content (AvgIpc) is 2.90. The van der Waals surface area contributed by atoms with Crippen molar-refractivity contribution in [2.45, 2.75) is 32.4 Å². The summed E-state index contributed by atoms with van der Waals surface area (Å²) in [6.07, 6.45) is 0.513. The van der Waals surface area contributed by atoms with Gasteiger partial charge in [0.2, 0.25) is 0 Å². The summed E-state index contributed by atoms with van der Waals surface area (Å²) in [6.45, 7) is 3.62. The number of carbonyl (C=O) groups is 3. The number of imide groups is 1. The number of nitrogens with one attached hydrogen (secondary N) is 1. The van der Waals surface area contributed by atoms with Crippen molar-refractivity contribution in [1.82, 2.24) is 10.2 Å². The molecule has 0 aliphatic carbocycles. The van der Waals surface area contributed by atoms with Crippen LogP contribution < -0.4 is 5.32 Å². The Morgan fingerprint density at radius 3 is 2.63 bits per heavy atom. The molecule has 2 heterocycles. The molecule has 2 N–H and O–H groups in total. The molecule has 2 rings (SSSR count). The summed E-state index contributed by atoms with van der Waals surface area (Å²) in [7, 11) is 0. The van der Waals surface area contributed by atoms with E-state index in [1.54, 1.807) is 13.0 Å². The number of carbonyl (C=O) groups excluding carboxylic acids is 2. The minimum absolute atomic E-state index is 0.109. The van der Waals surface area contributed by atoms with Crippen LogP contribution in [0.2, 0.25) is 0 Å². The maximum atomic E-state index is 12.1. The van der Waals surface area contributed by atoms with E-state index in [0.29, 0.717) is 11.3 Å². The standard InChI is InChI=1S/C12H14N2O4S/c1-3-12(2)10(17)14(11(18)13-12)6-7-4-5-8(19-7)9(15)16/h4-5H,3,6H2,1-2H3,(H,13,18)(H,15,16). The second-order valence-corrected chi connectivity index (χ2v) is 5.75. The molecular weight excluding hydrogens is 268 g/mol. The van der Waals surface area contributed by atoms with Crippen LogP contribution in [-0.4, -0.2) is 33.5 Å². The molecule has 102 valence electrons. The summed E-state index contributed by atoms with van der Waals surface area (Å²) in [5.74, 6) is -1.28. The Bertz CT molecular complexity index is 554. The number of carboxylic acid groups (broad SMARTS) is 1. The lowest BCUT2D eigenvalue weighted by molar-refractivity contribution is -0.131. The van der Waals surface area contributed by atoms with Gasteiger partial charge in [0.25, 0.3) is 5.91 Å². The van der Waals surface area contributed by atoms with Gasteiger partial charge in [-0.1, -0.05) is 6.92 Å². The average molecular weight is 282 g/mol. The first-order chi connectivity index (χ1) is 8.87. The molecule has 0 radical (unpaired) electrons. The van der Waals surface area contributed by atoms with Crippen molar-refractivity contribution in [3.05, 3.63) is 21.9 Å². The summed E-state index contributed by atoms with van der Waals surface area (Å²) in [5, 5.41) is 11.5. The third kappa shape index (κ3) is 2.33. The molecule has 1 fully saturated rings. The van der Waals surface area contributed by atoms with Gasteiger partial charge in [-0.3, -0.25) is 9.69 Å². The molecule has 7 heteroatoms. The van der Waals surface area contributed by atoms with E-state index in [0.717, 1.165) is 16.2 Å². The number of rotatable bonds is 4. The third-order valence-electron chi connectivity index (χ3n) is 3.24. The highest BCUT2D eigenvalue weighted by Gasteiger charge is 2.46. The molecule has 1 aromatic rings. The van der Waals surface area contributed by atoms with Crippen LogP contribution in [0.15, 0.2) is 12.1 Å². The second kappa shape index (κ2) is 4.65. The Morgan fingerprint density at radius 1 is 1.47 bits per heavy atom. The van der Waals surface area contributed by atoms with Gasteiger partial charge in [0.05, 0.1) is 6.54 Å². The van der Waals surface area contributed by atoms with Gasteiger partial charge >= 0.3 is 12.0 Å². The van der Waals surface area contributed by atoms with Gasteiger partial charge in [0.15, 0.2) is 0 Å². The second-order valence-electron chi connectivity index (χ2n) is 4.58. The smallest absolute Gasteiger partial charge is 0.345 e. The number of aromatic carboxylic acids is 1. The van der Waals surface area contributed by atoms with Gasteiger partial charge in [-0.2, -0.15) is 0 Å². The zero-order valence-corrected chi connectivity index (χ0v) is 11.4. The van der Waals surface area contributed by atoms with E-state index < -0.39 is 17.5 Å². The maximum Gasteiger partial charge on any atom is 0.345 e. The zero-order chi connectivity index (χ0) is 14.2. The fourth-order valence-corrected chi connectivity index (χ4v) is 2.70. The van der Waals surface area contributed by atoms with Crippen molar-refractivity contribution in [3.63, 3.8) is 0 Å². The number of hydrogen-bond donors (Lipinski definition) is 2. The molecule has 1 saturated heterocycles. The minimum Gasteiger partial charge on any atom is -0.477 e. The van der Waals surface area contributed by atoms with E-state index in [-0.39, 0.29) is 17.3 Å². The molecule has 1 aliphatic rings. The Balaban J connectivity index is 2.17. The lowest BCUT2D eigenvalue weighted by Crippen LogP contribution is -2.43. The first kappa shape index (κ1) is 13.5. The lowest BCUT2D eigenvalue weighted by atomic mass is 9.99. The van der Waals surface area contributed by atoms with Gasteiger partial charge in [-0.05, 0) is 25.5 Å². The molecule has 3 amide bonds. The number of nitrogens with zero attached hydrogens (tertiary/aromatic N) is 1. The molecule has 0 spiro atoms. The molecule has 6 nitrogen and oxygen atoms in total. The first-order valence-electron chi connectivity index (χ1n) is 5.83. The summed E-state index contributed by atoms with van der Waals surface area (Å²) < 4.78 is 0. The van der Waals surface area contributed by atoms with Gasteiger partial charge in [-0.15, -0.1) is 11.3 Å². The molecule has 0 bridgehead atoms. The summed E-state index contributed by atoms with van der Waals surface area (Å²) >= 11 is 1.07. The van der Waals surface area contributed by atoms with E-state index >= 15 is 0 Å². The number of carboxylic acids is 1. The Hall–Kier alpha value is -1.89. The minimum atomic E-state index is -1.01. The van der Waals surface area contributed by atoms with Crippen LogP contribution in [-0.2, 0) is 11.3 Å². The quantitative estimate of drug-likeness (QED) is 0.822. The van der Waals surface area contributed by atoms with Crippen LogP contribution >= 0.6 is 11.3 Å². The summed E-state index contributed by atoms with van der Waals surface area (Å²) in [4.78, 5) is 36.7. The highest BCUT2D eigenvalue weighted by molar-refractivity contribution is 7.13. The monoisotopic (exact) mass is 282 g/mol. The van der Waals surface area contributed by atoms with Crippen LogP contribution in [0.1, 0.15) is 34.8 Å². The normalized spacial score (nSPS) is 22.7.